The molecule has 1 aromatic rings. The second-order valence-electron chi connectivity index (χ2n) is 4.01. The van der Waals surface area contributed by atoms with Crippen LogP contribution in [0.25, 0.3) is 0 Å². The standard InChI is InChI=1S/C13H21ClN2/c1-2-3-9-16(10-8-15)11-12-6-4-5-7-13(12)14/h4-7H,2-3,8-11,15H2,1H3. The molecule has 3 heteroatoms. The molecule has 0 unspecified atom stereocenters. The van der Waals surface area contributed by atoms with E-state index in [1.54, 1.807) is 0 Å². The van der Waals surface area contributed by atoms with Crippen LogP contribution in [-0.4, -0.2) is 24.5 Å². The third-order valence-electron chi connectivity index (χ3n) is 2.63. The zero-order chi connectivity index (χ0) is 11.8. The molecule has 0 radical (unpaired) electrons. The summed E-state index contributed by atoms with van der Waals surface area (Å²) in [5.74, 6) is 0. The van der Waals surface area contributed by atoms with E-state index in [0.29, 0.717) is 6.54 Å². The van der Waals surface area contributed by atoms with Crippen molar-refractivity contribution in [2.75, 3.05) is 19.6 Å². The molecule has 0 amide bonds. The van der Waals surface area contributed by atoms with Gasteiger partial charge in [0.1, 0.15) is 0 Å². The summed E-state index contributed by atoms with van der Waals surface area (Å²) in [4.78, 5) is 2.37. The second-order valence-corrected chi connectivity index (χ2v) is 4.42. The van der Waals surface area contributed by atoms with Gasteiger partial charge < -0.3 is 5.73 Å². The Hall–Kier alpha value is -0.570. The van der Waals surface area contributed by atoms with Crippen molar-refractivity contribution in [1.82, 2.24) is 4.90 Å². The van der Waals surface area contributed by atoms with Gasteiger partial charge in [-0.3, -0.25) is 4.90 Å². The van der Waals surface area contributed by atoms with Crippen LogP contribution >= 0.6 is 11.6 Å². The summed E-state index contributed by atoms with van der Waals surface area (Å²) in [5.41, 5.74) is 6.81. The van der Waals surface area contributed by atoms with Gasteiger partial charge in [0.05, 0.1) is 0 Å². The van der Waals surface area contributed by atoms with Crippen molar-refractivity contribution in [2.45, 2.75) is 26.3 Å². The van der Waals surface area contributed by atoms with Gasteiger partial charge in [0.25, 0.3) is 0 Å². The Morgan fingerprint density at radius 1 is 1.25 bits per heavy atom. The molecule has 0 fully saturated rings. The molecule has 90 valence electrons. The van der Waals surface area contributed by atoms with E-state index in [1.807, 2.05) is 18.2 Å². The van der Waals surface area contributed by atoms with E-state index in [9.17, 15) is 0 Å². The van der Waals surface area contributed by atoms with Crippen molar-refractivity contribution in [2.24, 2.45) is 5.73 Å². The van der Waals surface area contributed by atoms with Gasteiger partial charge in [-0.2, -0.15) is 0 Å². The fourth-order valence-corrected chi connectivity index (χ4v) is 1.90. The number of benzene rings is 1. The Labute approximate surface area is 103 Å². The summed E-state index contributed by atoms with van der Waals surface area (Å²) < 4.78 is 0. The van der Waals surface area contributed by atoms with Gasteiger partial charge in [-0.1, -0.05) is 43.1 Å². The first-order chi connectivity index (χ1) is 7.77. The summed E-state index contributed by atoms with van der Waals surface area (Å²) in [7, 11) is 0. The first-order valence-corrected chi connectivity index (χ1v) is 6.31. The summed E-state index contributed by atoms with van der Waals surface area (Å²) in [5, 5.41) is 0.848. The largest absolute Gasteiger partial charge is 0.329 e. The Kier molecular flexibility index (Phi) is 6.46. The van der Waals surface area contributed by atoms with Crippen LogP contribution in [0.1, 0.15) is 25.3 Å². The Balaban J connectivity index is 2.56. The minimum Gasteiger partial charge on any atom is -0.329 e. The quantitative estimate of drug-likeness (QED) is 0.794. The maximum atomic E-state index is 6.14. The monoisotopic (exact) mass is 240 g/mol. The molecule has 0 aliphatic heterocycles. The highest BCUT2D eigenvalue weighted by atomic mass is 35.5. The number of nitrogens with two attached hydrogens (primary N) is 1. The van der Waals surface area contributed by atoms with Crippen LogP contribution < -0.4 is 5.73 Å². The highest BCUT2D eigenvalue weighted by Crippen LogP contribution is 2.17. The minimum absolute atomic E-state index is 0.703. The maximum Gasteiger partial charge on any atom is 0.0451 e. The second kappa shape index (κ2) is 7.66. The van der Waals surface area contributed by atoms with E-state index in [0.717, 1.165) is 24.7 Å². The van der Waals surface area contributed by atoms with Gasteiger partial charge in [0.15, 0.2) is 0 Å². The van der Waals surface area contributed by atoms with E-state index in [4.69, 9.17) is 17.3 Å². The molecular formula is C13H21ClN2. The molecule has 0 bridgehead atoms. The van der Waals surface area contributed by atoms with Gasteiger partial charge in [-0.25, -0.2) is 0 Å². The molecule has 0 aromatic heterocycles. The van der Waals surface area contributed by atoms with Crippen molar-refractivity contribution in [3.05, 3.63) is 34.9 Å². The SMILES string of the molecule is CCCCN(CCN)Cc1ccccc1Cl. The summed E-state index contributed by atoms with van der Waals surface area (Å²) in [6.45, 7) is 5.84. The molecule has 0 saturated carbocycles. The molecule has 0 aliphatic rings. The number of unbranched alkanes of at least 4 members (excludes halogenated alkanes) is 1. The van der Waals surface area contributed by atoms with E-state index in [1.165, 1.54) is 18.4 Å². The first-order valence-electron chi connectivity index (χ1n) is 5.93. The average molecular weight is 241 g/mol. The van der Waals surface area contributed by atoms with Crippen LogP contribution in [0.4, 0.5) is 0 Å². The third kappa shape index (κ3) is 4.52. The molecule has 0 aliphatic carbocycles. The fourth-order valence-electron chi connectivity index (χ4n) is 1.70. The van der Waals surface area contributed by atoms with Crippen molar-refractivity contribution < 1.29 is 0 Å². The predicted molar refractivity (Wildman–Crippen MR) is 70.7 cm³/mol. The molecule has 0 saturated heterocycles. The number of halogens is 1. The number of hydrogen-bond donors (Lipinski definition) is 1. The lowest BCUT2D eigenvalue weighted by molar-refractivity contribution is 0.268. The summed E-state index contributed by atoms with van der Waals surface area (Å²) >= 11 is 6.14. The Morgan fingerprint density at radius 3 is 2.62 bits per heavy atom. The van der Waals surface area contributed by atoms with Crippen molar-refractivity contribution >= 4 is 11.6 Å². The maximum absolute atomic E-state index is 6.14. The van der Waals surface area contributed by atoms with Gasteiger partial charge in [0.2, 0.25) is 0 Å². The zero-order valence-electron chi connectivity index (χ0n) is 9.95. The molecular weight excluding hydrogens is 220 g/mol. The molecule has 16 heavy (non-hydrogen) atoms. The summed E-state index contributed by atoms with van der Waals surface area (Å²) in [6, 6.07) is 8.02. The molecule has 1 aromatic carbocycles. The van der Waals surface area contributed by atoms with Crippen LogP contribution in [0.5, 0.6) is 0 Å². The molecule has 2 N–H and O–H groups in total. The lowest BCUT2D eigenvalue weighted by atomic mass is 10.2. The van der Waals surface area contributed by atoms with Gasteiger partial charge in [-0.05, 0) is 24.6 Å². The van der Waals surface area contributed by atoms with Gasteiger partial charge in [-0.15, -0.1) is 0 Å². The highest BCUT2D eigenvalue weighted by molar-refractivity contribution is 6.31. The summed E-state index contributed by atoms with van der Waals surface area (Å²) in [6.07, 6.45) is 2.42. The minimum atomic E-state index is 0.703. The number of rotatable bonds is 7. The Bertz CT molecular complexity index is 302. The molecule has 0 heterocycles. The van der Waals surface area contributed by atoms with Crippen molar-refractivity contribution in [3.8, 4) is 0 Å². The molecule has 0 atom stereocenters. The topological polar surface area (TPSA) is 29.3 Å². The fraction of sp³-hybridized carbons (Fsp3) is 0.538. The number of nitrogens with zero attached hydrogens (tertiary/aromatic N) is 1. The predicted octanol–water partition coefficient (Wildman–Crippen LogP) is 2.90. The molecule has 0 spiro atoms. The van der Waals surface area contributed by atoms with Gasteiger partial charge in [0, 0.05) is 24.7 Å². The first kappa shape index (κ1) is 13.5. The van der Waals surface area contributed by atoms with Crippen molar-refractivity contribution in [1.29, 1.82) is 0 Å². The van der Waals surface area contributed by atoms with E-state index in [-0.39, 0.29) is 0 Å². The van der Waals surface area contributed by atoms with Crippen molar-refractivity contribution in [3.63, 3.8) is 0 Å². The van der Waals surface area contributed by atoms with Crippen LogP contribution in [0, 0.1) is 0 Å². The zero-order valence-corrected chi connectivity index (χ0v) is 10.7. The van der Waals surface area contributed by atoms with Gasteiger partial charge >= 0.3 is 0 Å². The Morgan fingerprint density at radius 2 is 2.00 bits per heavy atom. The molecule has 1 rings (SSSR count). The smallest absolute Gasteiger partial charge is 0.0451 e. The van der Waals surface area contributed by atoms with E-state index in [2.05, 4.69) is 17.9 Å². The third-order valence-corrected chi connectivity index (χ3v) is 2.99. The van der Waals surface area contributed by atoms with Crippen LogP contribution in [0.2, 0.25) is 5.02 Å². The van der Waals surface area contributed by atoms with E-state index < -0.39 is 0 Å². The normalized spacial score (nSPS) is 11.0. The van der Waals surface area contributed by atoms with Crippen LogP contribution in [0.3, 0.4) is 0 Å². The average Bonchev–Trinajstić information content (AvgIpc) is 2.29. The lowest BCUT2D eigenvalue weighted by Gasteiger charge is -2.21. The van der Waals surface area contributed by atoms with Crippen LogP contribution in [-0.2, 0) is 6.54 Å². The lowest BCUT2D eigenvalue weighted by Crippen LogP contribution is -2.30. The van der Waals surface area contributed by atoms with E-state index >= 15 is 0 Å². The molecule has 2 nitrogen and oxygen atoms in total. The van der Waals surface area contributed by atoms with Crippen LogP contribution in [0.15, 0.2) is 24.3 Å². The number of hydrogen-bond acceptors (Lipinski definition) is 2. The highest BCUT2D eigenvalue weighted by Gasteiger charge is 2.06.